The maximum absolute atomic E-state index is 11.0. The van der Waals surface area contributed by atoms with Crippen molar-refractivity contribution in [3.8, 4) is 0 Å². The standard InChI is InChI=1S/C13H15N3O2S/c1-8-12(19-7-15-8)6-16(2)11-5-9(13(17)18)3-4-10(11)14/h3-5,7H,6,14H2,1-2H3,(H,17,18). The SMILES string of the molecule is Cc1ncsc1CN(C)c1cc(C(=O)O)ccc1N. The number of hydrogen-bond acceptors (Lipinski definition) is 5. The minimum Gasteiger partial charge on any atom is -0.478 e. The fourth-order valence-electron chi connectivity index (χ4n) is 1.79. The molecular formula is C13H15N3O2S. The van der Waals surface area contributed by atoms with Gasteiger partial charge >= 0.3 is 5.97 Å². The zero-order chi connectivity index (χ0) is 14.0. The third kappa shape index (κ3) is 2.85. The van der Waals surface area contributed by atoms with Gasteiger partial charge in [-0.05, 0) is 25.1 Å². The van der Waals surface area contributed by atoms with E-state index >= 15 is 0 Å². The molecule has 19 heavy (non-hydrogen) atoms. The molecule has 3 N–H and O–H groups in total. The van der Waals surface area contributed by atoms with E-state index in [1.165, 1.54) is 6.07 Å². The molecule has 100 valence electrons. The summed E-state index contributed by atoms with van der Waals surface area (Å²) in [6.45, 7) is 2.61. The minimum absolute atomic E-state index is 0.233. The van der Waals surface area contributed by atoms with E-state index in [2.05, 4.69) is 4.98 Å². The van der Waals surface area contributed by atoms with Crippen molar-refractivity contribution in [2.75, 3.05) is 17.7 Å². The molecule has 1 aromatic carbocycles. The third-order valence-electron chi connectivity index (χ3n) is 2.91. The van der Waals surface area contributed by atoms with Gasteiger partial charge in [0, 0.05) is 11.9 Å². The van der Waals surface area contributed by atoms with Crippen molar-refractivity contribution in [2.45, 2.75) is 13.5 Å². The first-order valence-electron chi connectivity index (χ1n) is 5.72. The van der Waals surface area contributed by atoms with Gasteiger partial charge in [0.15, 0.2) is 0 Å². The molecule has 0 fully saturated rings. The van der Waals surface area contributed by atoms with Gasteiger partial charge in [-0.2, -0.15) is 0 Å². The lowest BCUT2D eigenvalue weighted by atomic mass is 10.1. The first-order valence-corrected chi connectivity index (χ1v) is 6.60. The van der Waals surface area contributed by atoms with E-state index in [1.54, 1.807) is 29.0 Å². The Labute approximate surface area is 115 Å². The summed E-state index contributed by atoms with van der Waals surface area (Å²) in [5.41, 5.74) is 10.2. The van der Waals surface area contributed by atoms with E-state index in [4.69, 9.17) is 10.8 Å². The lowest BCUT2D eigenvalue weighted by molar-refractivity contribution is 0.0697. The van der Waals surface area contributed by atoms with Crippen LogP contribution in [0.5, 0.6) is 0 Å². The zero-order valence-corrected chi connectivity index (χ0v) is 11.6. The van der Waals surface area contributed by atoms with Gasteiger partial charge in [0.2, 0.25) is 0 Å². The number of aromatic nitrogens is 1. The number of nitrogen functional groups attached to an aromatic ring is 1. The molecule has 0 aliphatic rings. The average molecular weight is 277 g/mol. The molecule has 0 atom stereocenters. The second-order valence-corrected chi connectivity index (χ2v) is 5.24. The Morgan fingerprint density at radius 1 is 1.53 bits per heavy atom. The van der Waals surface area contributed by atoms with Crippen molar-refractivity contribution in [3.05, 3.63) is 39.8 Å². The van der Waals surface area contributed by atoms with Gasteiger partial charge in [0.05, 0.1) is 34.7 Å². The highest BCUT2D eigenvalue weighted by atomic mass is 32.1. The van der Waals surface area contributed by atoms with Crippen LogP contribution in [0.3, 0.4) is 0 Å². The molecule has 0 amide bonds. The Kier molecular flexibility index (Phi) is 3.71. The third-order valence-corrected chi connectivity index (χ3v) is 3.83. The summed E-state index contributed by atoms with van der Waals surface area (Å²) < 4.78 is 0. The number of carbonyl (C=O) groups is 1. The molecule has 0 bridgehead atoms. The van der Waals surface area contributed by atoms with E-state index in [0.717, 1.165) is 10.6 Å². The quantitative estimate of drug-likeness (QED) is 0.839. The summed E-state index contributed by atoms with van der Waals surface area (Å²) in [6.07, 6.45) is 0. The van der Waals surface area contributed by atoms with Crippen LogP contribution in [-0.2, 0) is 6.54 Å². The van der Waals surface area contributed by atoms with Crippen molar-refractivity contribution in [2.24, 2.45) is 0 Å². The number of aromatic carboxylic acids is 1. The van der Waals surface area contributed by atoms with Crippen LogP contribution in [0.2, 0.25) is 0 Å². The van der Waals surface area contributed by atoms with Gasteiger partial charge in [-0.3, -0.25) is 0 Å². The highest BCUT2D eigenvalue weighted by molar-refractivity contribution is 7.09. The van der Waals surface area contributed by atoms with Gasteiger partial charge in [-0.25, -0.2) is 9.78 Å². The predicted octanol–water partition coefficient (Wildman–Crippen LogP) is 2.37. The molecule has 0 saturated carbocycles. The fourth-order valence-corrected chi connectivity index (χ4v) is 2.62. The fraction of sp³-hybridized carbons (Fsp3) is 0.231. The Hall–Kier alpha value is -2.08. The number of nitrogens with zero attached hydrogens (tertiary/aromatic N) is 2. The second-order valence-electron chi connectivity index (χ2n) is 4.30. The first kappa shape index (κ1) is 13.4. The van der Waals surface area contributed by atoms with Gasteiger partial charge in [-0.15, -0.1) is 11.3 Å². The highest BCUT2D eigenvalue weighted by Crippen LogP contribution is 2.26. The van der Waals surface area contributed by atoms with Crippen LogP contribution in [-0.4, -0.2) is 23.1 Å². The number of rotatable bonds is 4. The topological polar surface area (TPSA) is 79.5 Å². The molecule has 0 spiro atoms. The van der Waals surface area contributed by atoms with Gasteiger partial charge in [-0.1, -0.05) is 0 Å². The van der Waals surface area contributed by atoms with E-state index in [1.807, 2.05) is 18.9 Å². The molecule has 1 heterocycles. The Balaban J connectivity index is 2.28. The number of carboxylic acid groups (broad SMARTS) is 1. The summed E-state index contributed by atoms with van der Waals surface area (Å²) in [5.74, 6) is -0.955. The Morgan fingerprint density at radius 3 is 2.84 bits per heavy atom. The lowest BCUT2D eigenvalue weighted by Crippen LogP contribution is -2.18. The molecule has 0 radical (unpaired) electrons. The van der Waals surface area contributed by atoms with Crippen LogP contribution in [0.25, 0.3) is 0 Å². The maximum Gasteiger partial charge on any atom is 0.335 e. The van der Waals surface area contributed by atoms with E-state index < -0.39 is 5.97 Å². The van der Waals surface area contributed by atoms with Crippen LogP contribution in [0.15, 0.2) is 23.7 Å². The normalized spacial score (nSPS) is 10.4. The number of thiazole rings is 1. The van der Waals surface area contributed by atoms with E-state index in [0.29, 0.717) is 17.9 Å². The van der Waals surface area contributed by atoms with Crippen molar-refractivity contribution < 1.29 is 9.90 Å². The molecule has 2 rings (SSSR count). The first-order chi connectivity index (χ1) is 8.99. The molecule has 1 aromatic heterocycles. The van der Waals surface area contributed by atoms with E-state index in [-0.39, 0.29) is 5.56 Å². The number of carboxylic acids is 1. The predicted molar refractivity (Wildman–Crippen MR) is 76.8 cm³/mol. The maximum atomic E-state index is 11.0. The molecule has 0 aliphatic carbocycles. The number of nitrogens with two attached hydrogens (primary N) is 1. The number of benzene rings is 1. The monoisotopic (exact) mass is 277 g/mol. The van der Waals surface area contributed by atoms with Crippen LogP contribution in [0.1, 0.15) is 20.9 Å². The van der Waals surface area contributed by atoms with Gasteiger partial charge < -0.3 is 15.7 Å². The number of aryl methyl sites for hydroxylation is 1. The number of anilines is 2. The molecular weight excluding hydrogens is 262 g/mol. The Morgan fingerprint density at radius 2 is 2.26 bits per heavy atom. The van der Waals surface area contributed by atoms with Crippen LogP contribution in [0.4, 0.5) is 11.4 Å². The average Bonchev–Trinajstić information content (AvgIpc) is 2.75. The Bertz CT molecular complexity index is 610. The number of hydrogen-bond donors (Lipinski definition) is 2. The summed E-state index contributed by atoms with van der Waals surface area (Å²) in [7, 11) is 1.89. The molecule has 5 nitrogen and oxygen atoms in total. The van der Waals surface area contributed by atoms with Gasteiger partial charge in [0.25, 0.3) is 0 Å². The second kappa shape index (κ2) is 5.27. The zero-order valence-electron chi connectivity index (χ0n) is 10.8. The lowest BCUT2D eigenvalue weighted by Gasteiger charge is -2.21. The highest BCUT2D eigenvalue weighted by Gasteiger charge is 2.12. The van der Waals surface area contributed by atoms with Crippen molar-refractivity contribution in [1.29, 1.82) is 0 Å². The molecule has 0 unspecified atom stereocenters. The van der Waals surface area contributed by atoms with E-state index in [9.17, 15) is 4.79 Å². The summed E-state index contributed by atoms with van der Waals surface area (Å²) >= 11 is 1.58. The van der Waals surface area contributed by atoms with Crippen LogP contribution in [0, 0.1) is 6.92 Å². The van der Waals surface area contributed by atoms with Crippen LogP contribution >= 0.6 is 11.3 Å². The van der Waals surface area contributed by atoms with Crippen molar-refractivity contribution >= 4 is 28.7 Å². The molecule has 2 aromatic rings. The molecule has 0 aliphatic heterocycles. The van der Waals surface area contributed by atoms with Crippen molar-refractivity contribution in [3.63, 3.8) is 0 Å². The molecule has 6 heteroatoms. The smallest absolute Gasteiger partial charge is 0.335 e. The summed E-state index contributed by atoms with van der Waals surface area (Å²) in [5, 5.41) is 9.02. The van der Waals surface area contributed by atoms with Crippen LogP contribution < -0.4 is 10.6 Å². The minimum atomic E-state index is -0.955. The summed E-state index contributed by atoms with van der Waals surface area (Å²) in [4.78, 5) is 18.3. The molecule has 0 saturated heterocycles. The summed E-state index contributed by atoms with van der Waals surface area (Å²) in [6, 6.07) is 4.72. The van der Waals surface area contributed by atoms with Crippen molar-refractivity contribution in [1.82, 2.24) is 4.98 Å². The largest absolute Gasteiger partial charge is 0.478 e. The van der Waals surface area contributed by atoms with Gasteiger partial charge in [0.1, 0.15) is 0 Å².